The summed E-state index contributed by atoms with van der Waals surface area (Å²) in [5, 5.41) is 10.2. The fraction of sp³-hybridized carbons (Fsp3) is 0.692. The van der Waals surface area contributed by atoms with Crippen LogP contribution in [0.4, 0.5) is 11.6 Å². The van der Waals surface area contributed by atoms with Crippen molar-refractivity contribution in [3.05, 3.63) is 11.9 Å². The molecule has 1 aliphatic carbocycles. The lowest BCUT2D eigenvalue weighted by Crippen LogP contribution is -2.51. The van der Waals surface area contributed by atoms with Crippen molar-refractivity contribution in [3.63, 3.8) is 0 Å². The van der Waals surface area contributed by atoms with Gasteiger partial charge in [-0.2, -0.15) is 0 Å². The molecule has 0 bridgehead atoms. The minimum Gasteiger partial charge on any atom is -0.367 e. The molecular weight excluding hydrogens is 226 g/mol. The molecule has 2 aliphatic rings. The van der Waals surface area contributed by atoms with E-state index in [2.05, 4.69) is 25.9 Å². The van der Waals surface area contributed by atoms with Gasteiger partial charge in [0.25, 0.3) is 0 Å². The molecule has 0 spiro atoms. The van der Waals surface area contributed by atoms with Crippen LogP contribution in [0.2, 0.25) is 0 Å². The number of hydrogen-bond donors (Lipinski definition) is 3. The summed E-state index contributed by atoms with van der Waals surface area (Å²) in [4.78, 5) is 8.91. The van der Waals surface area contributed by atoms with Gasteiger partial charge in [-0.1, -0.05) is 12.8 Å². The number of nitrogens with one attached hydrogen (secondary N) is 3. The summed E-state index contributed by atoms with van der Waals surface area (Å²) in [6, 6.07) is 3.14. The van der Waals surface area contributed by atoms with Crippen molar-refractivity contribution in [2.45, 2.75) is 44.7 Å². The van der Waals surface area contributed by atoms with E-state index >= 15 is 0 Å². The molecule has 18 heavy (non-hydrogen) atoms. The molecule has 0 unspecified atom stereocenters. The molecular formula is C13H21N5. The Morgan fingerprint density at radius 3 is 2.22 bits per heavy atom. The topological polar surface area (TPSA) is 61.9 Å². The van der Waals surface area contributed by atoms with Gasteiger partial charge >= 0.3 is 0 Å². The van der Waals surface area contributed by atoms with Crippen molar-refractivity contribution in [2.24, 2.45) is 0 Å². The zero-order valence-electron chi connectivity index (χ0n) is 10.9. The Morgan fingerprint density at radius 2 is 1.67 bits per heavy atom. The zero-order valence-corrected chi connectivity index (χ0v) is 10.9. The molecule has 0 radical (unpaired) electrons. The van der Waals surface area contributed by atoms with E-state index in [0.717, 1.165) is 30.5 Å². The van der Waals surface area contributed by atoms with Gasteiger partial charge in [0.2, 0.25) is 0 Å². The van der Waals surface area contributed by atoms with Gasteiger partial charge in [0.1, 0.15) is 17.5 Å². The smallest absolute Gasteiger partial charge is 0.132 e. The third kappa shape index (κ3) is 2.72. The Balaban J connectivity index is 1.68. The number of aromatic nitrogens is 2. The van der Waals surface area contributed by atoms with Crippen LogP contribution in [0.25, 0.3) is 0 Å². The van der Waals surface area contributed by atoms with Gasteiger partial charge in [-0.3, -0.25) is 0 Å². The third-order valence-electron chi connectivity index (χ3n) is 3.68. The minimum absolute atomic E-state index is 0.513. The summed E-state index contributed by atoms with van der Waals surface area (Å²) < 4.78 is 0. The second kappa shape index (κ2) is 5.10. The molecule has 0 atom stereocenters. The summed E-state index contributed by atoms with van der Waals surface area (Å²) >= 11 is 0. The zero-order chi connectivity index (χ0) is 12.4. The Labute approximate surface area is 108 Å². The van der Waals surface area contributed by atoms with Crippen molar-refractivity contribution in [1.82, 2.24) is 15.3 Å². The number of aryl methyl sites for hydroxylation is 1. The lowest BCUT2D eigenvalue weighted by molar-refractivity contribution is 0.471. The molecule has 5 heteroatoms. The molecule has 1 aromatic rings. The lowest BCUT2D eigenvalue weighted by atomic mass is 10.2. The lowest BCUT2D eigenvalue weighted by Gasteiger charge is -2.28. The van der Waals surface area contributed by atoms with Crippen LogP contribution < -0.4 is 16.0 Å². The highest BCUT2D eigenvalue weighted by molar-refractivity contribution is 5.49. The van der Waals surface area contributed by atoms with Crippen LogP contribution in [-0.2, 0) is 0 Å². The van der Waals surface area contributed by atoms with E-state index in [9.17, 15) is 0 Å². The highest BCUT2D eigenvalue weighted by Gasteiger charge is 2.18. The van der Waals surface area contributed by atoms with Gasteiger partial charge in [-0.25, -0.2) is 9.97 Å². The van der Waals surface area contributed by atoms with Gasteiger partial charge in [0.05, 0.1) is 6.04 Å². The predicted molar refractivity (Wildman–Crippen MR) is 72.9 cm³/mol. The Kier molecular flexibility index (Phi) is 3.32. The van der Waals surface area contributed by atoms with Gasteiger partial charge < -0.3 is 16.0 Å². The maximum absolute atomic E-state index is 4.47. The van der Waals surface area contributed by atoms with E-state index in [-0.39, 0.29) is 0 Å². The van der Waals surface area contributed by atoms with E-state index < -0.39 is 0 Å². The van der Waals surface area contributed by atoms with Crippen LogP contribution in [0.3, 0.4) is 0 Å². The quantitative estimate of drug-likeness (QED) is 0.753. The first-order chi connectivity index (χ1) is 8.79. The molecule has 2 heterocycles. The first-order valence-corrected chi connectivity index (χ1v) is 6.89. The van der Waals surface area contributed by atoms with Crippen LogP contribution in [-0.4, -0.2) is 35.1 Å². The average Bonchev–Trinajstić information content (AvgIpc) is 2.75. The number of rotatable bonds is 4. The third-order valence-corrected chi connectivity index (χ3v) is 3.68. The second-order valence-corrected chi connectivity index (χ2v) is 5.31. The summed E-state index contributed by atoms with van der Waals surface area (Å²) in [7, 11) is 0. The van der Waals surface area contributed by atoms with Crippen LogP contribution in [0, 0.1) is 6.92 Å². The Bertz CT molecular complexity index is 410. The molecule has 2 fully saturated rings. The first-order valence-electron chi connectivity index (χ1n) is 6.89. The highest BCUT2D eigenvalue weighted by atomic mass is 15.2. The number of nitrogens with zero attached hydrogens (tertiary/aromatic N) is 2. The van der Waals surface area contributed by atoms with Crippen molar-refractivity contribution < 1.29 is 0 Å². The monoisotopic (exact) mass is 247 g/mol. The standard InChI is InChI=1S/C13H21N5/c1-9-15-12(17-10-4-2-3-5-10)6-13(16-9)18-11-7-14-8-11/h6,10-11,14H,2-5,7-8H2,1H3,(H2,15,16,17,18). The number of anilines is 2. The molecule has 0 aromatic carbocycles. The predicted octanol–water partition coefficient (Wildman–Crippen LogP) is 1.52. The van der Waals surface area contributed by atoms with E-state index in [1.54, 1.807) is 0 Å². The van der Waals surface area contributed by atoms with Crippen LogP contribution >= 0.6 is 0 Å². The van der Waals surface area contributed by atoms with Gasteiger partial charge in [-0.05, 0) is 19.8 Å². The van der Waals surface area contributed by atoms with Crippen LogP contribution in [0.5, 0.6) is 0 Å². The Hall–Kier alpha value is -1.36. The van der Waals surface area contributed by atoms with Gasteiger partial charge in [0, 0.05) is 25.2 Å². The summed E-state index contributed by atoms with van der Waals surface area (Å²) in [6.45, 7) is 3.99. The normalized spacial score (nSPS) is 20.7. The molecule has 5 nitrogen and oxygen atoms in total. The van der Waals surface area contributed by atoms with Crippen molar-refractivity contribution >= 4 is 11.6 Å². The van der Waals surface area contributed by atoms with Gasteiger partial charge in [0.15, 0.2) is 0 Å². The summed E-state index contributed by atoms with van der Waals surface area (Å²) in [5.74, 6) is 2.73. The number of hydrogen-bond acceptors (Lipinski definition) is 5. The van der Waals surface area contributed by atoms with Crippen molar-refractivity contribution in [2.75, 3.05) is 23.7 Å². The SMILES string of the molecule is Cc1nc(NC2CCCC2)cc(NC2CNC2)n1. The van der Waals surface area contributed by atoms with Crippen molar-refractivity contribution in [3.8, 4) is 0 Å². The molecule has 1 aliphatic heterocycles. The fourth-order valence-corrected chi connectivity index (χ4v) is 2.59. The Morgan fingerprint density at radius 1 is 1.06 bits per heavy atom. The van der Waals surface area contributed by atoms with E-state index in [1.807, 2.05) is 13.0 Å². The molecule has 0 amide bonds. The van der Waals surface area contributed by atoms with Gasteiger partial charge in [-0.15, -0.1) is 0 Å². The van der Waals surface area contributed by atoms with Crippen LogP contribution in [0.15, 0.2) is 6.07 Å². The first kappa shape index (κ1) is 11.7. The van der Waals surface area contributed by atoms with E-state index in [1.165, 1.54) is 25.7 Å². The van der Waals surface area contributed by atoms with Crippen LogP contribution in [0.1, 0.15) is 31.5 Å². The molecule has 3 N–H and O–H groups in total. The minimum atomic E-state index is 0.513. The molecule has 1 saturated heterocycles. The highest BCUT2D eigenvalue weighted by Crippen LogP contribution is 2.22. The molecule has 98 valence electrons. The summed E-state index contributed by atoms with van der Waals surface area (Å²) in [6.07, 6.45) is 5.19. The average molecular weight is 247 g/mol. The second-order valence-electron chi connectivity index (χ2n) is 5.31. The molecule has 3 rings (SSSR count). The maximum Gasteiger partial charge on any atom is 0.132 e. The summed E-state index contributed by atoms with van der Waals surface area (Å²) in [5.41, 5.74) is 0. The van der Waals surface area contributed by atoms with Crippen molar-refractivity contribution in [1.29, 1.82) is 0 Å². The molecule has 1 saturated carbocycles. The largest absolute Gasteiger partial charge is 0.367 e. The molecule has 1 aromatic heterocycles. The fourth-order valence-electron chi connectivity index (χ4n) is 2.59. The van der Waals surface area contributed by atoms with E-state index in [4.69, 9.17) is 0 Å². The maximum atomic E-state index is 4.47. The van der Waals surface area contributed by atoms with E-state index in [0.29, 0.717) is 12.1 Å².